The summed E-state index contributed by atoms with van der Waals surface area (Å²) in [5.74, 6) is 0.753. The lowest BCUT2D eigenvalue weighted by Gasteiger charge is -2.15. The van der Waals surface area contributed by atoms with E-state index < -0.39 is 0 Å². The van der Waals surface area contributed by atoms with Crippen LogP contribution in [0.2, 0.25) is 0 Å². The molecule has 0 spiro atoms. The van der Waals surface area contributed by atoms with Gasteiger partial charge in [0.2, 0.25) is 0 Å². The number of hydrogen-bond donors (Lipinski definition) is 0. The van der Waals surface area contributed by atoms with Gasteiger partial charge in [0.25, 0.3) is 0 Å². The van der Waals surface area contributed by atoms with E-state index in [1.807, 2.05) is 0 Å². The molecule has 1 atom stereocenters. The lowest BCUT2D eigenvalue weighted by molar-refractivity contribution is 0.171. The van der Waals surface area contributed by atoms with Crippen molar-refractivity contribution in [3.8, 4) is 0 Å². The third-order valence-electron chi connectivity index (χ3n) is 4.79. The van der Waals surface area contributed by atoms with Crippen LogP contribution >= 0.6 is 0 Å². The zero-order valence-electron chi connectivity index (χ0n) is 15.7. The molecule has 1 heteroatoms. The molecule has 1 nitrogen and oxygen atoms in total. The van der Waals surface area contributed by atoms with Gasteiger partial charge in [-0.1, -0.05) is 104 Å². The molecule has 1 unspecified atom stereocenters. The molecule has 0 aliphatic heterocycles. The van der Waals surface area contributed by atoms with Crippen molar-refractivity contribution >= 4 is 0 Å². The van der Waals surface area contributed by atoms with E-state index in [0.717, 1.165) is 12.5 Å². The van der Waals surface area contributed by atoms with E-state index >= 15 is 0 Å². The van der Waals surface area contributed by atoms with Gasteiger partial charge in [0.05, 0.1) is 7.11 Å². The molecule has 0 aromatic carbocycles. The molecule has 0 aromatic heterocycles. The van der Waals surface area contributed by atoms with E-state index in [1.54, 1.807) is 0 Å². The van der Waals surface area contributed by atoms with Crippen molar-refractivity contribution in [2.75, 3.05) is 6.61 Å². The van der Waals surface area contributed by atoms with Gasteiger partial charge in [-0.15, -0.1) is 0 Å². The maximum Gasteiger partial charge on any atom is 0.0700 e. The first-order chi connectivity index (χ1) is 10.8. The molecule has 0 aliphatic rings. The highest BCUT2D eigenvalue weighted by Crippen LogP contribution is 2.19. The molecule has 0 aliphatic carbocycles. The van der Waals surface area contributed by atoms with Crippen LogP contribution in [0.4, 0.5) is 0 Å². The smallest absolute Gasteiger partial charge is 0.0700 e. The summed E-state index contributed by atoms with van der Waals surface area (Å²) < 4.78 is 5.17. The third kappa shape index (κ3) is 16.3. The standard InChI is InChI=1S/C21H43O/c1-4-6-8-10-12-13-15-17-19-21(20-22-3)18-16-14-11-9-7-5-2/h21H,3-20H2,1-2H3. The Balaban J connectivity index is 3.43. The van der Waals surface area contributed by atoms with Crippen LogP contribution < -0.4 is 0 Å². The summed E-state index contributed by atoms with van der Waals surface area (Å²) in [6, 6.07) is 0. The van der Waals surface area contributed by atoms with E-state index in [2.05, 4.69) is 21.0 Å². The normalized spacial score (nSPS) is 12.7. The molecule has 0 heterocycles. The highest BCUT2D eigenvalue weighted by atomic mass is 16.5. The summed E-state index contributed by atoms with van der Waals surface area (Å²) in [5.41, 5.74) is 0. The van der Waals surface area contributed by atoms with Crippen LogP contribution in [0.25, 0.3) is 0 Å². The fourth-order valence-electron chi connectivity index (χ4n) is 3.26. The Morgan fingerprint density at radius 2 is 0.955 bits per heavy atom. The second-order valence-corrected chi connectivity index (χ2v) is 7.06. The molecular formula is C21H43O. The Kier molecular flexibility index (Phi) is 19.0. The summed E-state index contributed by atoms with van der Waals surface area (Å²) in [6.07, 6.45) is 22.4. The minimum atomic E-state index is 0.753. The summed E-state index contributed by atoms with van der Waals surface area (Å²) in [5, 5.41) is 0. The molecule has 0 saturated heterocycles. The van der Waals surface area contributed by atoms with Crippen molar-refractivity contribution in [2.45, 2.75) is 117 Å². The first-order valence-electron chi connectivity index (χ1n) is 10.2. The maximum absolute atomic E-state index is 5.17. The topological polar surface area (TPSA) is 9.23 Å². The number of rotatable bonds is 18. The van der Waals surface area contributed by atoms with Gasteiger partial charge in [0.15, 0.2) is 0 Å². The van der Waals surface area contributed by atoms with Gasteiger partial charge in [-0.05, 0) is 18.8 Å². The predicted molar refractivity (Wildman–Crippen MR) is 100 cm³/mol. The Hall–Kier alpha value is -0.0400. The van der Waals surface area contributed by atoms with E-state index in [4.69, 9.17) is 4.74 Å². The summed E-state index contributed by atoms with van der Waals surface area (Å²) >= 11 is 0. The van der Waals surface area contributed by atoms with Gasteiger partial charge in [-0.2, -0.15) is 0 Å². The largest absolute Gasteiger partial charge is 0.379 e. The van der Waals surface area contributed by atoms with Crippen molar-refractivity contribution in [2.24, 2.45) is 5.92 Å². The summed E-state index contributed by atoms with van der Waals surface area (Å²) in [4.78, 5) is 0. The summed E-state index contributed by atoms with van der Waals surface area (Å²) in [7, 11) is 3.58. The van der Waals surface area contributed by atoms with Gasteiger partial charge in [-0.25, -0.2) is 0 Å². The van der Waals surface area contributed by atoms with Crippen LogP contribution in [0.5, 0.6) is 0 Å². The SMILES string of the molecule is [CH2]OCC(CCCCCCCC)CCCCCCCCCC. The highest BCUT2D eigenvalue weighted by molar-refractivity contribution is 4.60. The van der Waals surface area contributed by atoms with Crippen LogP contribution in [0.1, 0.15) is 117 Å². The fraction of sp³-hybridized carbons (Fsp3) is 0.952. The Morgan fingerprint density at radius 3 is 1.32 bits per heavy atom. The first kappa shape index (κ1) is 22.0. The molecule has 0 amide bonds. The van der Waals surface area contributed by atoms with Gasteiger partial charge >= 0.3 is 0 Å². The first-order valence-corrected chi connectivity index (χ1v) is 10.2. The van der Waals surface area contributed by atoms with Crippen LogP contribution in [0, 0.1) is 13.0 Å². The number of hydrogen-bond acceptors (Lipinski definition) is 1. The quantitative estimate of drug-likeness (QED) is 0.236. The van der Waals surface area contributed by atoms with Crippen LogP contribution in [0.15, 0.2) is 0 Å². The molecule has 133 valence electrons. The van der Waals surface area contributed by atoms with Gasteiger partial charge in [0, 0.05) is 6.61 Å². The van der Waals surface area contributed by atoms with Crippen molar-refractivity contribution < 1.29 is 4.74 Å². The van der Waals surface area contributed by atoms with Crippen molar-refractivity contribution in [3.05, 3.63) is 7.11 Å². The van der Waals surface area contributed by atoms with Crippen LogP contribution in [-0.2, 0) is 4.74 Å². The monoisotopic (exact) mass is 311 g/mol. The molecule has 0 saturated carbocycles. The Bertz CT molecular complexity index is 190. The average molecular weight is 312 g/mol. The van der Waals surface area contributed by atoms with E-state index in [9.17, 15) is 0 Å². The fourth-order valence-corrected chi connectivity index (χ4v) is 3.26. The van der Waals surface area contributed by atoms with Gasteiger partial charge in [0.1, 0.15) is 0 Å². The minimum absolute atomic E-state index is 0.753. The second-order valence-electron chi connectivity index (χ2n) is 7.06. The zero-order valence-corrected chi connectivity index (χ0v) is 15.7. The zero-order chi connectivity index (χ0) is 16.3. The van der Waals surface area contributed by atoms with Crippen LogP contribution in [0.3, 0.4) is 0 Å². The molecule has 0 N–H and O–H groups in total. The highest BCUT2D eigenvalue weighted by Gasteiger charge is 2.08. The number of ether oxygens (including phenoxy) is 1. The van der Waals surface area contributed by atoms with Crippen molar-refractivity contribution in [3.63, 3.8) is 0 Å². The molecule has 0 bridgehead atoms. The summed E-state index contributed by atoms with van der Waals surface area (Å²) in [6.45, 7) is 5.44. The third-order valence-corrected chi connectivity index (χ3v) is 4.79. The Morgan fingerprint density at radius 1 is 0.591 bits per heavy atom. The molecule has 1 radical (unpaired) electrons. The van der Waals surface area contributed by atoms with Gasteiger partial charge < -0.3 is 4.74 Å². The Labute approximate surface area is 141 Å². The maximum atomic E-state index is 5.17. The number of unbranched alkanes of at least 4 members (excludes halogenated alkanes) is 12. The lowest BCUT2D eigenvalue weighted by atomic mass is 9.94. The molecule has 22 heavy (non-hydrogen) atoms. The van der Waals surface area contributed by atoms with E-state index in [1.165, 1.54) is 103 Å². The average Bonchev–Trinajstić information content (AvgIpc) is 2.53. The molecule has 0 aromatic rings. The molecule has 0 fully saturated rings. The minimum Gasteiger partial charge on any atom is -0.379 e. The van der Waals surface area contributed by atoms with E-state index in [0.29, 0.717) is 0 Å². The lowest BCUT2D eigenvalue weighted by Crippen LogP contribution is -2.07. The van der Waals surface area contributed by atoms with Crippen LogP contribution in [-0.4, -0.2) is 6.61 Å². The second kappa shape index (κ2) is 19.0. The van der Waals surface area contributed by atoms with E-state index in [-0.39, 0.29) is 0 Å². The molecular weight excluding hydrogens is 268 g/mol. The van der Waals surface area contributed by atoms with Crippen molar-refractivity contribution in [1.29, 1.82) is 0 Å². The predicted octanol–water partition coefficient (Wildman–Crippen LogP) is 7.69. The van der Waals surface area contributed by atoms with Crippen molar-refractivity contribution in [1.82, 2.24) is 0 Å². The molecule has 0 rings (SSSR count). The van der Waals surface area contributed by atoms with Gasteiger partial charge in [-0.3, -0.25) is 0 Å².